The van der Waals surface area contributed by atoms with Crippen molar-refractivity contribution < 1.29 is 26.0 Å². The van der Waals surface area contributed by atoms with E-state index in [-0.39, 0.29) is 16.9 Å². The van der Waals surface area contributed by atoms with Gasteiger partial charge in [0.25, 0.3) is 0 Å². The minimum atomic E-state index is -4.39. The van der Waals surface area contributed by atoms with Gasteiger partial charge in [-0.2, -0.15) is 13.2 Å². The van der Waals surface area contributed by atoms with Gasteiger partial charge in [0, 0.05) is 28.4 Å². The summed E-state index contributed by atoms with van der Waals surface area (Å²) in [5.41, 5.74) is 2.64. The van der Waals surface area contributed by atoms with E-state index in [0.29, 0.717) is 21.7 Å². The van der Waals surface area contributed by atoms with Crippen LogP contribution in [0.15, 0.2) is 70.0 Å². The Hall–Kier alpha value is -3.21. The van der Waals surface area contributed by atoms with Crippen LogP contribution < -0.4 is 4.72 Å². The highest BCUT2D eigenvalue weighted by molar-refractivity contribution is 7.89. The number of thiazole rings is 1. The monoisotopic (exact) mass is 558 g/mol. The average Bonchev–Trinajstić information content (AvgIpc) is 3.42. The first-order valence-electron chi connectivity index (χ1n) is 12.0. The van der Waals surface area contributed by atoms with Crippen LogP contribution in [0.3, 0.4) is 0 Å². The number of hydrogen-bond donors (Lipinski definition) is 1. The number of hydrogen-bond acceptors (Lipinski definition) is 5. The minimum Gasteiger partial charge on any atom is -0.456 e. The van der Waals surface area contributed by atoms with E-state index in [1.807, 2.05) is 45.9 Å². The zero-order valence-electron chi connectivity index (χ0n) is 21.1. The molecule has 0 saturated carbocycles. The molecule has 2 heterocycles. The number of halogens is 3. The second kappa shape index (κ2) is 9.52. The van der Waals surface area contributed by atoms with E-state index < -0.39 is 21.8 Å². The summed E-state index contributed by atoms with van der Waals surface area (Å²) in [5.74, 6) is 0.146. The molecule has 0 bridgehead atoms. The number of benzene rings is 3. The number of aromatic nitrogens is 1. The summed E-state index contributed by atoms with van der Waals surface area (Å²) in [6, 6.07) is 15.3. The molecule has 38 heavy (non-hydrogen) atoms. The Kier molecular flexibility index (Phi) is 6.61. The van der Waals surface area contributed by atoms with Crippen molar-refractivity contribution in [2.45, 2.75) is 44.8 Å². The zero-order chi connectivity index (χ0) is 27.4. The lowest BCUT2D eigenvalue weighted by Crippen LogP contribution is -2.36. The average molecular weight is 559 g/mol. The number of furan rings is 1. The normalized spacial score (nSPS) is 13.6. The van der Waals surface area contributed by atoms with Gasteiger partial charge < -0.3 is 4.42 Å². The fourth-order valence-corrected chi connectivity index (χ4v) is 6.58. The van der Waals surface area contributed by atoms with E-state index in [0.717, 1.165) is 39.0 Å². The number of nitrogens with zero attached hydrogens (tertiary/aromatic N) is 1. The van der Waals surface area contributed by atoms with E-state index in [2.05, 4.69) is 9.71 Å². The molecular formula is C28H25F3N2O3S2. The van der Waals surface area contributed by atoms with E-state index >= 15 is 0 Å². The molecule has 0 aliphatic heterocycles. The number of fused-ring (bicyclic) bond motifs is 3. The van der Waals surface area contributed by atoms with Gasteiger partial charge in [0.05, 0.1) is 21.0 Å². The number of alkyl halides is 3. The number of rotatable bonds is 6. The van der Waals surface area contributed by atoms with Crippen molar-refractivity contribution in [2.24, 2.45) is 5.92 Å². The lowest BCUT2D eigenvalue weighted by atomic mass is 10.1. The molecule has 0 unspecified atom stereocenters. The number of sulfonamides is 1. The second-order valence-corrected chi connectivity index (χ2v) is 12.3. The summed E-state index contributed by atoms with van der Waals surface area (Å²) in [7, 11) is -3.70. The second-order valence-electron chi connectivity index (χ2n) is 9.63. The molecule has 0 radical (unpaired) electrons. The molecule has 5 nitrogen and oxygen atoms in total. The smallest absolute Gasteiger partial charge is 0.416 e. The minimum absolute atomic E-state index is 0.135. The fraction of sp³-hybridized carbons (Fsp3) is 0.250. The molecule has 1 atom stereocenters. The molecule has 1 N–H and O–H groups in total. The maximum absolute atomic E-state index is 12.9. The Balaban J connectivity index is 1.50. The van der Waals surface area contributed by atoms with Crippen LogP contribution in [0, 0.1) is 12.8 Å². The molecular weight excluding hydrogens is 533 g/mol. The van der Waals surface area contributed by atoms with Crippen LogP contribution >= 0.6 is 11.3 Å². The van der Waals surface area contributed by atoms with Gasteiger partial charge in [-0.1, -0.05) is 26.0 Å². The van der Waals surface area contributed by atoms with Gasteiger partial charge >= 0.3 is 6.18 Å². The lowest BCUT2D eigenvalue weighted by Gasteiger charge is -2.17. The largest absolute Gasteiger partial charge is 0.456 e. The van der Waals surface area contributed by atoms with Gasteiger partial charge in [0.15, 0.2) is 0 Å². The maximum Gasteiger partial charge on any atom is 0.416 e. The van der Waals surface area contributed by atoms with Crippen LogP contribution in [0.2, 0.25) is 0 Å². The highest BCUT2D eigenvalue weighted by Gasteiger charge is 2.30. The first-order valence-corrected chi connectivity index (χ1v) is 14.3. The fourth-order valence-electron chi connectivity index (χ4n) is 4.10. The molecule has 0 amide bonds. The Bertz CT molecular complexity index is 1750. The Morgan fingerprint density at radius 1 is 0.895 bits per heavy atom. The molecule has 0 fully saturated rings. The van der Waals surface area contributed by atoms with Crippen LogP contribution in [-0.2, 0) is 16.2 Å². The molecule has 198 valence electrons. The predicted octanol–water partition coefficient (Wildman–Crippen LogP) is 8.03. The topological polar surface area (TPSA) is 72.2 Å². The molecule has 0 spiro atoms. The highest BCUT2D eigenvalue weighted by Crippen LogP contribution is 2.39. The van der Waals surface area contributed by atoms with Crippen LogP contribution in [-0.4, -0.2) is 19.4 Å². The molecule has 5 rings (SSSR count). The number of nitrogens with one attached hydrogen (secondary N) is 1. The van der Waals surface area contributed by atoms with Gasteiger partial charge in [-0.15, -0.1) is 11.3 Å². The predicted molar refractivity (Wildman–Crippen MR) is 145 cm³/mol. The SMILES string of the molecule is Cc1nc(-c2ccc(C(F)(F)F)cc2)sc1-c1ccc2oc3cc(S(=O)(=O)N[C@@H](C)C(C)C)ccc3c2c1. The van der Waals surface area contributed by atoms with Gasteiger partial charge in [0.1, 0.15) is 16.2 Å². The molecule has 3 aromatic carbocycles. The molecule has 5 aromatic rings. The highest BCUT2D eigenvalue weighted by atomic mass is 32.2. The van der Waals surface area contributed by atoms with Crippen molar-refractivity contribution >= 4 is 43.3 Å². The molecule has 2 aromatic heterocycles. The summed E-state index contributed by atoms with van der Waals surface area (Å²) in [4.78, 5) is 5.62. The zero-order valence-corrected chi connectivity index (χ0v) is 22.7. The summed E-state index contributed by atoms with van der Waals surface area (Å²) < 4.78 is 73.2. The molecule has 0 aliphatic rings. The van der Waals surface area contributed by atoms with Crippen molar-refractivity contribution in [3.8, 4) is 21.0 Å². The van der Waals surface area contributed by atoms with Gasteiger partial charge in [0.2, 0.25) is 10.0 Å². The first kappa shape index (κ1) is 26.4. The standard InChI is InChI=1S/C28H25F3N2O3S2/c1-15(2)16(3)33-38(34,35)21-10-11-22-23-13-19(7-12-24(23)36-25(22)14-21)26-17(4)32-27(37-26)18-5-8-20(9-6-18)28(29,30)31/h5-16,33H,1-4H3/t16-/m0/s1. The summed E-state index contributed by atoms with van der Waals surface area (Å²) >= 11 is 1.40. The molecule has 0 saturated heterocycles. The Labute approximate surface area is 222 Å². The van der Waals surface area contributed by atoms with E-state index in [4.69, 9.17) is 4.42 Å². The van der Waals surface area contributed by atoms with Crippen LogP contribution in [0.4, 0.5) is 13.2 Å². The Morgan fingerprint density at radius 2 is 1.58 bits per heavy atom. The summed E-state index contributed by atoms with van der Waals surface area (Å²) in [6.07, 6.45) is -4.39. The van der Waals surface area contributed by atoms with Crippen LogP contribution in [0.5, 0.6) is 0 Å². The summed E-state index contributed by atoms with van der Waals surface area (Å²) in [5, 5.41) is 2.23. The van der Waals surface area contributed by atoms with Crippen molar-refractivity contribution in [2.75, 3.05) is 0 Å². The van der Waals surface area contributed by atoms with E-state index in [1.54, 1.807) is 12.1 Å². The van der Waals surface area contributed by atoms with Crippen molar-refractivity contribution in [1.29, 1.82) is 0 Å². The number of aryl methyl sites for hydroxylation is 1. The van der Waals surface area contributed by atoms with Gasteiger partial charge in [-0.05, 0) is 67.8 Å². The quantitative estimate of drug-likeness (QED) is 0.229. The van der Waals surface area contributed by atoms with Crippen LogP contribution in [0.25, 0.3) is 43.0 Å². The van der Waals surface area contributed by atoms with Crippen molar-refractivity contribution in [3.05, 3.63) is 71.9 Å². The lowest BCUT2D eigenvalue weighted by molar-refractivity contribution is -0.137. The van der Waals surface area contributed by atoms with Crippen molar-refractivity contribution in [3.63, 3.8) is 0 Å². The van der Waals surface area contributed by atoms with Crippen LogP contribution in [0.1, 0.15) is 32.0 Å². The van der Waals surface area contributed by atoms with E-state index in [9.17, 15) is 21.6 Å². The Morgan fingerprint density at radius 3 is 2.24 bits per heavy atom. The molecule has 0 aliphatic carbocycles. The van der Waals surface area contributed by atoms with Gasteiger partial charge in [-0.25, -0.2) is 18.1 Å². The first-order chi connectivity index (χ1) is 17.8. The third-order valence-corrected chi connectivity index (χ3v) is 9.42. The third kappa shape index (κ3) is 4.95. The van der Waals surface area contributed by atoms with E-state index in [1.165, 1.54) is 29.5 Å². The molecule has 10 heteroatoms. The van der Waals surface area contributed by atoms with Crippen molar-refractivity contribution in [1.82, 2.24) is 9.71 Å². The summed E-state index contributed by atoms with van der Waals surface area (Å²) in [6.45, 7) is 7.59. The van der Waals surface area contributed by atoms with Gasteiger partial charge in [-0.3, -0.25) is 0 Å². The maximum atomic E-state index is 12.9. The third-order valence-electron chi connectivity index (χ3n) is 6.61.